The van der Waals surface area contributed by atoms with Crippen LogP contribution in [0.2, 0.25) is 10.0 Å². The van der Waals surface area contributed by atoms with E-state index in [4.69, 9.17) is 32.0 Å². The largest absolute Gasteiger partial charge is 0.423 e. The first kappa shape index (κ1) is 18.1. The molecule has 4 rings (SSSR count). The fourth-order valence-electron chi connectivity index (χ4n) is 2.83. The molecular formula is C19H18Cl2N4O2. The molecule has 140 valence electrons. The van der Waals surface area contributed by atoms with Gasteiger partial charge < -0.3 is 13.7 Å². The third-order valence-electron chi connectivity index (χ3n) is 4.13. The Morgan fingerprint density at radius 2 is 1.33 bits per heavy atom. The molecule has 4 aromatic rings. The van der Waals surface area contributed by atoms with Gasteiger partial charge in [0.05, 0.1) is 0 Å². The molecule has 0 aliphatic carbocycles. The minimum absolute atomic E-state index is 0.420. The van der Waals surface area contributed by atoms with Crippen LogP contribution in [0.3, 0.4) is 0 Å². The fourth-order valence-corrected chi connectivity index (χ4v) is 3.16. The van der Waals surface area contributed by atoms with Crippen LogP contribution in [0, 0.1) is 0 Å². The summed E-state index contributed by atoms with van der Waals surface area (Å²) in [4.78, 5) is 13.1. The maximum absolute atomic E-state index is 6.07. The number of anilines is 2. The summed E-state index contributed by atoms with van der Waals surface area (Å²) in [5.74, 6) is 0. The van der Waals surface area contributed by atoms with Crippen LogP contribution in [0.1, 0.15) is 6.42 Å². The summed E-state index contributed by atoms with van der Waals surface area (Å²) in [7, 11) is 4.07. The van der Waals surface area contributed by atoms with Gasteiger partial charge in [0.25, 0.3) is 0 Å². The Morgan fingerprint density at radius 1 is 0.815 bits per heavy atom. The van der Waals surface area contributed by atoms with Gasteiger partial charge in [-0.1, -0.05) is 23.2 Å². The van der Waals surface area contributed by atoms with Gasteiger partial charge in [-0.2, -0.15) is 9.97 Å². The van der Waals surface area contributed by atoms with Gasteiger partial charge in [0.2, 0.25) is 0 Å². The van der Waals surface area contributed by atoms with Crippen molar-refractivity contribution >= 4 is 57.4 Å². The summed E-state index contributed by atoms with van der Waals surface area (Å²) >= 11 is 12.1. The molecule has 2 heterocycles. The highest BCUT2D eigenvalue weighted by molar-refractivity contribution is 6.31. The van der Waals surface area contributed by atoms with E-state index in [0.29, 0.717) is 50.8 Å². The standard InChI is InChI=1S/C19H18Cl2N4O2/c1-24(2)8-3-9-25(18-22-14-10-12(20)4-6-16(14)26-18)19-23-15-11-13(21)5-7-17(15)27-19/h4-7,10-11H,3,8-9H2,1-2H3. The second kappa shape index (κ2) is 7.38. The molecule has 27 heavy (non-hydrogen) atoms. The molecule has 6 nitrogen and oxygen atoms in total. The predicted molar refractivity (Wildman–Crippen MR) is 108 cm³/mol. The molecule has 0 spiro atoms. The van der Waals surface area contributed by atoms with Crippen molar-refractivity contribution in [3.05, 3.63) is 46.4 Å². The average Bonchev–Trinajstić information content (AvgIpc) is 3.21. The van der Waals surface area contributed by atoms with Crippen LogP contribution in [0.15, 0.2) is 45.2 Å². The quantitative estimate of drug-likeness (QED) is 0.430. The first-order chi connectivity index (χ1) is 13.0. The number of aromatic nitrogens is 2. The van der Waals surface area contributed by atoms with Gasteiger partial charge in [0, 0.05) is 16.6 Å². The van der Waals surface area contributed by atoms with E-state index in [2.05, 4.69) is 14.9 Å². The van der Waals surface area contributed by atoms with Crippen LogP contribution < -0.4 is 4.90 Å². The number of oxazole rings is 2. The van der Waals surface area contributed by atoms with E-state index in [0.717, 1.165) is 13.0 Å². The van der Waals surface area contributed by atoms with E-state index in [-0.39, 0.29) is 0 Å². The highest BCUT2D eigenvalue weighted by atomic mass is 35.5. The number of hydrogen-bond donors (Lipinski definition) is 0. The van der Waals surface area contributed by atoms with Crippen LogP contribution in [-0.2, 0) is 0 Å². The molecule has 8 heteroatoms. The first-order valence-corrected chi connectivity index (χ1v) is 9.29. The summed E-state index contributed by atoms with van der Waals surface area (Å²) in [6, 6.07) is 11.5. The third kappa shape index (κ3) is 3.88. The van der Waals surface area contributed by atoms with Crippen LogP contribution >= 0.6 is 23.2 Å². The zero-order valence-corrected chi connectivity index (χ0v) is 16.5. The monoisotopic (exact) mass is 404 g/mol. The molecule has 0 amide bonds. The van der Waals surface area contributed by atoms with E-state index in [1.54, 1.807) is 36.4 Å². The topological polar surface area (TPSA) is 58.5 Å². The van der Waals surface area contributed by atoms with Crippen LogP contribution in [0.5, 0.6) is 0 Å². The molecule has 2 aromatic carbocycles. The Labute approximate surface area is 166 Å². The molecule has 0 bridgehead atoms. The van der Waals surface area contributed by atoms with Gasteiger partial charge in [-0.15, -0.1) is 0 Å². The third-order valence-corrected chi connectivity index (χ3v) is 4.60. The average molecular weight is 405 g/mol. The van der Waals surface area contributed by atoms with Crippen LogP contribution in [0.4, 0.5) is 12.0 Å². The lowest BCUT2D eigenvalue weighted by Gasteiger charge is -2.17. The fraction of sp³-hybridized carbons (Fsp3) is 0.263. The molecule has 0 atom stereocenters. The Kier molecular flexibility index (Phi) is 4.95. The number of rotatable bonds is 6. The Hall–Kier alpha value is -2.28. The Bertz CT molecular complexity index is 1010. The number of hydrogen-bond acceptors (Lipinski definition) is 6. The van der Waals surface area contributed by atoms with Crippen molar-refractivity contribution in [2.45, 2.75) is 6.42 Å². The SMILES string of the molecule is CN(C)CCCN(c1nc2cc(Cl)ccc2o1)c1nc2cc(Cl)ccc2o1. The van der Waals surface area contributed by atoms with E-state index >= 15 is 0 Å². The number of nitrogens with zero attached hydrogens (tertiary/aromatic N) is 4. The molecule has 0 saturated heterocycles. The van der Waals surface area contributed by atoms with E-state index in [1.165, 1.54) is 0 Å². The highest BCUT2D eigenvalue weighted by Gasteiger charge is 2.21. The molecule has 0 saturated carbocycles. The molecule has 0 unspecified atom stereocenters. The van der Waals surface area contributed by atoms with Gasteiger partial charge in [0.1, 0.15) is 11.0 Å². The van der Waals surface area contributed by atoms with E-state index in [9.17, 15) is 0 Å². The van der Waals surface area contributed by atoms with E-state index < -0.39 is 0 Å². The van der Waals surface area contributed by atoms with Gasteiger partial charge >= 0.3 is 12.0 Å². The van der Waals surface area contributed by atoms with Crippen molar-refractivity contribution in [3.8, 4) is 0 Å². The normalized spacial score (nSPS) is 11.7. The molecule has 0 radical (unpaired) electrons. The van der Waals surface area contributed by atoms with Gasteiger partial charge in [0.15, 0.2) is 11.2 Å². The molecule has 2 aromatic heterocycles. The van der Waals surface area contributed by atoms with Crippen molar-refractivity contribution in [2.24, 2.45) is 0 Å². The number of halogens is 2. The number of benzene rings is 2. The highest BCUT2D eigenvalue weighted by Crippen LogP contribution is 2.32. The van der Waals surface area contributed by atoms with Gasteiger partial charge in [-0.05, 0) is 63.5 Å². The maximum Gasteiger partial charge on any atom is 0.306 e. The first-order valence-electron chi connectivity index (χ1n) is 8.54. The lowest BCUT2D eigenvalue weighted by molar-refractivity contribution is 0.398. The van der Waals surface area contributed by atoms with Crippen molar-refractivity contribution in [2.75, 3.05) is 32.1 Å². The second-order valence-corrected chi connectivity index (χ2v) is 7.40. The summed E-state index contributed by atoms with van der Waals surface area (Å²) in [5, 5.41) is 1.22. The Morgan fingerprint density at radius 3 is 1.81 bits per heavy atom. The molecule has 0 fully saturated rings. The molecular weight excluding hydrogens is 387 g/mol. The summed E-state index contributed by atoms with van der Waals surface area (Å²) in [5.41, 5.74) is 2.70. The Balaban J connectivity index is 1.74. The van der Waals surface area contributed by atoms with Gasteiger partial charge in [-0.3, -0.25) is 0 Å². The zero-order valence-electron chi connectivity index (χ0n) is 14.9. The summed E-state index contributed by atoms with van der Waals surface area (Å²) in [6.45, 7) is 1.55. The van der Waals surface area contributed by atoms with Crippen LogP contribution in [0.25, 0.3) is 22.2 Å². The van der Waals surface area contributed by atoms with Crippen molar-refractivity contribution in [1.29, 1.82) is 0 Å². The zero-order chi connectivity index (χ0) is 19.0. The maximum atomic E-state index is 6.07. The van der Waals surface area contributed by atoms with Crippen molar-refractivity contribution in [1.82, 2.24) is 14.9 Å². The van der Waals surface area contributed by atoms with Crippen LogP contribution in [-0.4, -0.2) is 42.1 Å². The number of fused-ring (bicyclic) bond motifs is 2. The van der Waals surface area contributed by atoms with Crippen molar-refractivity contribution < 1.29 is 8.83 Å². The predicted octanol–water partition coefficient (Wildman–Crippen LogP) is 5.37. The minimum atomic E-state index is 0.420. The minimum Gasteiger partial charge on any atom is -0.423 e. The smallest absolute Gasteiger partial charge is 0.306 e. The van der Waals surface area contributed by atoms with Crippen molar-refractivity contribution in [3.63, 3.8) is 0 Å². The lowest BCUT2D eigenvalue weighted by Crippen LogP contribution is -2.23. The summed E-state index contributed by atoms with van der Waals surface area (Å²) in [6.07, 6.45) is 0.881. The molecule has 0 aliphatic rings. The lowest BCUT2D eigenvalue weighted by atomic mass is 10.3. The second-order valence-electron chi connectivity index (χ2n) is 6.53. The summed E-state index contributed by atoms with van der Waals surface area (Å²) < 4.78 is 11.9. The van der Waals surface area contributed by atoms with E-state index in [1.807, 2.05) is 19.0 Å². The van der Waals surface area contributed by atoms with Gasteiger partial charge in [-0.25, -0.2) is 4.90 Å². The molecule has 0 N–H and O–H groups in total. The molecule has 0 aliphatic heterocycles.